The minimum Gasteiger partial charge on any atom is -0.492 e. The number of hydrogen-bond acceptors (Lipinski definition) is 3. The average Bonchev–Trinajstić information content (AvgIpc) is 2.66. The lowest BCUT2D eigenvalue weighted by Crippen LogP contribution is -2.17. The van der Waals surface area contributed by atoms with Gasteiger partial charge in [0.05, 0.1) is 11.1 Å². The van der Waals surface area contributed by atoms with Gasteiger partial charge in [-0.3, -0.25) is 9.59 Å². The quantitative estimate of drug-likeness (QED) is 0.675. The summed E-state index contributed by atoms with van der Waals surface area (Å²) in [5, 5.41) is 5.47. The van der Waals surface area contributed by atoms with Gasteiger partial charge in [0.1, 0.15) is 5.75 Å². The van der Waals surface area contributed by atoms with Gasteiger partial charge in [-0.25, -0.2) is 0 Å². The zero-order chi connectivity index (χ0) is 18.9. The third-order valence-electron chi connectivity index (χ3n) is 3.79. The van der Waals surface area contributed by atoms with Gasteiger partial charge in [-0.1, -0.05) is 19.1 Å². The summed E-state index contributed by atoms with van der Waals surface area (Å²) >= 11 is 3.44. The number of rotatable bonds is 8. The van der Waals surface area contributed by atoms with Crippen LogP contribution in [0.2, 0.25) is 0 Å². The smallest absolute Gasteiger partial charge is 0.255 e. The van der Waals surface area contributed by atoms with E-state index in [1.165, 1.54) is 0 Å². The predicted molar refractivity (Wildman–Crippen MR) is 107 cm³/mol. The second kappa shape index (κ2) is 9.97. The van der Waals surface area contributed by atoms with Crippen LogP contribution in [0.4, 0.5) is 5.69 Å². The molecule has 0 atom stereocenters. The fourth-order valence-electron chi connectivity index (χ4n) is 2.31. The van der Waals surface area contributed by atoms with Gasteiger partial charge in [0.15, 0.2) is 0 Å². The highest BCUT2D eigenvalue weighted by Crippen LogP contribution is 2.26. The summed E-state index contributed by atoms with van der Waals surface area (Å²) in [6.07, 6.45) is 2.04. The SMILES string of the molecule is CCCOc1ccc(C(=O)Nc2ccc(CCC(=O)NC)cc2)cc1Br. The molecule has 0 aromatic heterocycles. The zero-order valence-corrected chi connectivity index (χ0v) is 16.6. The molecule has 2 N–H and O–H groups in total. The van der Waals surface area contributed by atoms with Crippen LogP contribution in [-0.4, -0.2) is 25.5 Å². The first-order chi connectivity index (χ1) is 12.5. The van der Waals surface area contributed by atoms with Gasteiger partial charge in [0, 0.05) is 24.7 Å². The van der Waals surface area contributed by atoms with Crippen LogP contribution in [0, 0.1) is 0 Å². The van der Waals surface area contributed by atoms with Gasteiger partial charge < -0.3 is 15.4 Å². The summed E-state index contributed by atoms with van der Waals surface area (Å²) in [5.74, 6) is 0.550. The zero-order valence-electron chi connectivity index (χ0n) is 15.0. The van der Waals surface area contributed by atoms with Crippen molar-refractivity contribution in [2.75, 3.05) is 19.0 Å². The number of benzene rings is 2. The first kappa shape index (κ1) is 20.0. The maximum absolute atomic E-state index is 12.4. The van der Waals surface area contributed by atoms with Crippen molar-refractivity contribution in [3.05, 3.63) is 58.1 Å². The number of aryl methyl sites for hydroxylation is 1. The highest BCUT2D eigenvalue weighted by Gasteiger charge is 2.10. The summed E-state index contributed by atoms with van der Waals surface area (Å²) in [4.78, 5) is 23.7. The fraction of sp³-hybridized carbons (Fsp3) is 0.300. The van der Waals surface area contributed by atoms with Crippen molar-refractivity contribution in [2.24, 2.45) is 0 Å². The van der Waals surface area contributed by atoms with Crippen molar-refractivity contribution in [1.29, 1.82) is 0 Å². The molecule has 0 fully saturated rings. The fourth-order valence-corrected chi connectivity index (χ4v) is 2.81. The summed E-state index contributed by atoms with van der Waals surface area (Å²) in [5.41, 5.74) is 2.30. The standard InChI is InChI=1S/C20H23BrN2O3/c1-3-12-26-18-10-7-15(13-17(18)21)20(25)23-16-8-4-14(5-9-16)6-11-19(24)22-2/h4-5,7-10,13H,3,6,11-12H2,1-2H3,(H,22,24)(H,23,25). The third-order valence-corrected chi connectivity index (χ3v) is 4.41. The van der Waals surface area contributed by atoms with Gasteiger partial charge in [-0.05, 0) is 64.7 Å². The largest absolute Gasteiger partial charge is 0.492 e. The first-order valence-electron chi connectivity index (χ1n) is 8.56. The van der Waals surface area contributed by atoms with E-state index >= 15 is 0 Å². The van der Waals surface area contributed by atoms with Crippen LogP contribution in [0.25, 0.3) is 0 Å². The van der Waals surface area contributed by atoms with E-state index in [-0.39, 0.29) is 11.8 Å². The number of carbonyl (C=O) groups excluding carboxylic acids is 2. The molecule has 0 aliphatic rings. The number of carbonyl (C=O) groups is 2. The lowest BCUT2D eigenvalue weighted by atomic mass is 10.1. The molecule has 0 bridgehead atoms. The van der Waals surface area contributed by atoms with E-state index in [1.54, 1.807) is 25.2 Å². The molecular weight excluding hydrogens is 396 g/mol. The molecule has 2 rings (SSSR count). The normalized spacial score (nSPS) is 10.3. The van der Waals surface area contributed by atoms with Crippen LogP contribution in [0.15, 0.2) is 46.9 Å². The van der Waals surface area contributed by atoms with Crippen molar-refractivity contribution in [3.8, 4) is 5.75 Å². The molecule has 0 saturated heterocycles. The van der Waals surface area contributed by atoms with Gasteiger partial charge in [-0.15, -0.1) is 0 Å². The van der Waals surface area contributed by atoms with Gasteiger partial charge in [-0.2, -0.15) is 0 Å². The molecule has 0 radical (unpaired) electrons. The second-order valence-electron chi connectivity index (χ2n) is 5.82. The van der Waals surface area contributed by atoms with Crippen molar-refractivity contribution in [1.82, 2.24) is 5.32 Å². The molecule has 0 saturated carbocycles. The number of amides is 2. The van der Waals surface area contributed by atoms with Gasteiger partial charge >= 0.3 is 0 Å². The number of hydrogen-bond donors (Lipinski definition) is 2. The molecule has 0 aliphatic carbocycles. The Morgan fingerprint density at radius 3 is 2.46 bits per heavy atom. The van der Waals surface area contributed by atoms with Gasteiger partial charge in [0.25, 0.3) is 5.91 Å². The van der Waals surface area contributed by atoms with E-state index in [2.05, 4.69) is 26.6 Å². The molecule has 0 unspecified atom stereocenters. The maximum atomic E-state index is 12.4. The van der Waals surface area contributed by atoms with Crippen molar-refractivity contribution in [3.63, 3.8) is 0 Å². The Morgan fingerprint density at radius 1 is 1.12 bits per heavy atom. The number of nitrogens with one attached hydrogen (secondary N) is 2. The van der Waals surface area contributed by atoms with E-state index in [4.69, 9.17) is 4.74 Å². The van der Waals surface area contributed by atoms with Crippen LogP contribution in [-0.2, 0) is 11.2 Å². The predicted octanol–water partition coefficient (Wildman–Crippen LogP) is 4.17. The van der Waals surface area contributed by atoms with Crippen molar-refractivity contribution >= 4 is 33.4 Å². The summed E-state index contributed by atoms with van der Waals surface area (Å²) in [7, 11) is 1.63. The lowest BCUT2D eigenvalue weighted by Gasteiger charge is -2.10. The van der Waals surface area contributed by atoms with Crippen LogP contribution >= 0.6 is 15.9 Å². The number of anilines is 1. The molecular formula is C20H23BrN2O3. The highest BCUT2D eigenvalue weighted by molar-refractivity contribution is 9.10. The molecule has 26 heavy (non-hydrogen) atoms. The Bertz CT molecular complexity index is 760. The van der Waals surface area contributed by atoms with E-state index in [0.717, 1.165) is 22.2 Å². The highest BCUT2D eigenvalue weighted by atomic mass is 79.9. The van der Waals surface area contributed by atoms with Crippen LogP contribution in [0.5, 0.6) is 5.75 Å². The van der Waals surface area contributed by atoms with Crippen molar-refractivity contribution in [2.45, 2.75) is 26.2 Å². The second-order valence-corrected chi connectivity index (χ2v) is 6.67. The molecule has 6 heteroatoms. The molecule has 138 valence electrons. The van der Waals surface area contributed by atoms with Crippen molar-refractivity contribution < 1.29 is 14.3 Å². The number of ether oxygens (including phenoxy) is 1. The molecule has 5 nitrogen and oxygen atoms in total. The van der Waals surface area contributed by atoms with E-state index in [9.17, 15) is 9.59 Å². The Morgan fingerprint density at radius 2 is 1.85 bits per heavy atom. The Balaban J connectivity index is 1.96. The maximum Gasteiger partial charge on any atom is 0.255 e. The van der Waals surface area contributed by atoms with E-state index in [0.29, 0.717) is 30.7 Å². The minimum absolute atomic E-state index is 0.0133. The Labute approximate surface area is 162 Å². The molecule has 2 aromatic carbocycles. The van der Waals surface area contributed by atoms with E-state index in [1.807, 2.05) is 31.2 Å². The molecule has 0 heterocycles. The third kappa shape index (κ3) is 5.88. The monoisotopic (exact) mass is 418 g/mol. The molecule has 2 amide bonds. The van der Waals surface area contributed by atoms with Crippen LogP contribution in [0.1, 0.15) is 35.7 Å². The first-order valence-corrected chi connectivity index (χ1v) is 9.36. The minimum atomic E-state index is -0.189. The van der Waals surface area contributed by atoms with E-state index < -0.39 is 0 Å². The van der Waals surface area contributed by atoms with Crippen LogP contribution in [0.3, 0.4) is 0 Å². The Kier molecular flexibility index (Phi) is 7.66. The van der Waals surface area contributed by atoms with Gasteiger partial charge in [0.2, 0.25) is 5.91 Å². The molecule has 0 aliphatic heterocycles. The Hall–Kier alpha value is -2.34. The average molecular weight is 419 g/mol. The summed E-state index contributed by atoms with van der Waals surface area (Å²) in [6, 6.07) is 12.8. The summed E-state index contributed by atoms with van der Waals surface area (Å²) in [6.45, 7) is 2.68. The molecule has 0 spiro atoms. The number of halogens is 1. The molecule has 2 aromatic rings. The van der Waals surface area contributed by atoms with Crippen LogP contribution < -0.4 is 15.4 Å². The summed E-state index contributed by atoms with van der Waals surface area (Å²) < 4.78 is 6.35. The topological polar surface area (TPSA) is 67.4 Å². The lowest BCUT2D eigenvalue weighted by molar-refractivity contribution is -0.120.